The number of carbonyl (C=O) groups excluding carboxylic acids is 1. The lowest BCUT2D eigenvalue weighted by atomic mass is 10.1. The molecule has 3 heterocycles. The van der Waals surface area contributed by atoms with E-state index in [2.05, 4.69) is 10.2 Å². The van der Waals surface area contributed by atoms with E-state index in [4.69, 9.17) is 11.6 Å². The third-order valence-electron chi connectivity index (χ3n) is 5.70. The summed E-state index contributed by atoms with van der Waals surface area (Å²) in [4.78, 5) is 38.5. The maximum absolute atomic E-state index is 13.2. The Morgan fingerprint density at radius 2 is 1.69 bits per heavy atom. The Morgan fingerprint density at radius 1 is 1.00 bits per heavy atom. The minimum Gasteiger partial charge on any atom is -0.298 e. The average Bonchev–Trinajstić information content (AvgIpc) is 3.40. The van der Waals surface area contributed by atoms with Crippen LogP contribution in [0.4, 0.5) is 4.39 Å². The normalized spacial score (nSPS) is 11.5. The summed E-state index contributed by atoms with van der Waals surface area (Å²) in [7, 11) is 2.98. The van der Waals surface area contributed by atoms with E-state index in [1.54, 1.807) is 28.1 Å². The number of ketones is 1. The average molecular weight is 513 g/mol. The molecular weight excluding hydrogens is 495 g/mol. The second kappa shape index (κ2) is 8.82. The third kappa shape index (κ3) is 3.96. The summed E-state index contributed by atoms with van der Waals surface area (Å²) in [6.07, 6.45) is 0. The molecule has 5 rings (SSSR count). The van der Waals surface area contributed by atoms with E-state index in [9.17, 15) is 18.8 Å². The first-order valence-electron chi connectivity index (χ1n) is 10.5. The Balaban J connectivity index is 1.64. The van der Waals surface area contributed by atoms with Gasteiger partial charge in [-0.05, 0) is 42.0 Å². The highest BCUT2D eigenvalue weighted by Gasteiger charge is 2.24. The number of thioether (sulfide) groups is 1. The molecule has 0 aliphatic carbocycles. The predicted molar refractivity (Wildman–Crippen MR) is 131 cm³/mol. The van der Waals surface area contributed by atoms with Crippen LogP contribution in [0.5, 0.6) is 0 Å². The molecule has 0 radical (unpaired) electrons. The van der Waals surface area contributed by atoms with Crippen molar-refractivity contribution in [2.45, 2.75) is 11.7 Å². The maximum Gasteiger partial charge on any atom is 0.332 e. The molecule has 0 bridgehead atoms. The Morgan fingerprint density at radius 3 is 2.37 bits per heavy atom. The number of imidazole rings is 1. The van der Waals surface area contributed by atoms with Gasteiger partial charge in [0.15, 0.2) is 22.1 Å². The van der Waals surface area contributed by atoms with Gasteiger partial charge < -0.3 is 0 Å². The minimum atomic E-state index is -0.500. The van der Waals surface area contributed by atoms with Crippen LogP contribution < -0.4 is 11.2 Å². The zero-order valence-corrected chi connectivity index (χ0v) is 20.2. The number of aryl methyl sites for hydroxylation is 1. The van der Waals surface area contributed by atoms with Crippen molar-refractivity contribution in [3.8, 4) is 0 Å². The molecule has 0 spiro atoms. The van der Waals surface area contributed by atoms with Gasteiger partial charge >= 0.3 is 5.69 Å². The van der Waals surface area contributed by atoms with Crippen molar-refractivity contribution in [3.63, 3.8) is 0 Å². The molecule has 9 nitrogen and oxygen atoms in total. The van der Waals surface area contributed by atoms with Gasteiger partial charge in [-0.15, -0.1) is 10.2 Å². The summed E-state index contributed by atoms with van der Waals surface area (Å²) in [5.74, 6) is -0.287. The van der Waals surface area contributed by atoms with E-state index in [0.29, 0.717) is 27.2 Å². The molecule has 0 aliphatic rings. The van der Waals surface area contributed by atoms with Crippen molar-refractivity contribution < 1.29 is 9.18 Å². The maximum atomic E-state index is 13.2. The highest BCUT2D eigenvalue weighted by Crippen LogP contribution is 2.25. The van der Waals surface area contributed by atoms with E-state index in [1.165, 1.54) is 35.9 Å². The largest absolute Gasteiger partial charge is 0.332 e. The second-order valence-corrected chi connectivity index (χ2v) is 9.31. The Bertz CT molecular complexity index is 1720. The van der Waals surface area contributed by atoms with Gasteiger partial charge in [-0.1, -0.05) is 35.5 Å². The molecular formula is C23H18ClFN6O3S. The van der Waals surface area contributed by atoms with Crippen LogP contribution in [-0.4, -0.2) is 39.8 Å². The number of Topliss-reactive ketones (excluding diaryl/α,β-unsaturated/α-hetero) is 1. The summed E-state index contributed by atoms with van der Waals surface area (Å²) < 4.78 is 18.9. The van der Waals surface area contributed by atoms with Gasteiger partial charge in [-0.25, -0.2) is 13.6 Å². The summed E-state index contributed by atoms with van der Waals surface area (Å²) in [6, 6.07) is 12.5. The molecule has 178 valence electrons. The van der Waals surface area contributed by atoms with Gasteiger partial charge in [-0.3, -0.25) is 23.3 Å². The minimum absolute atomic E-state index is 0.00900. The highest BCUT2D eigenvalue weighted by atomic mass is 35.5. The molecule has 0 fully saturated rings. The first kappa shape index (κ1) is 23.1. The monoisotopic (exact) mass is 512 g/mol. The van der Waals surface area contributed by atoms with Gasteiger partial charge in [0.1, 0.15) is 5.82 Å². The quantitative estimate of drug-likeness (QED) is 0.256. The van der Waals surface area contributed by atoms with Gasteiger partial charge in [0.25, 0.3) is 5.56 Å². The standard InChI is InChI=1S/C23H18ClFN6O3S/c1-28-19-18(20(33)29(2)23(28)34)30(11-13-3-7-15(24)8-4-13)21-26-27-22(31(19)21)35-12-17(32)14-5-9-16(25)10-6-14/h3-10H,11-12H2,1-2H3. The smallest absolute Gasteiger partial charge is 0.298 e. The molecule has 2 aromatic carbocycles. The number of hydrogen-bond donors (Lipinski definition) is 0. The van der Waals surface area contributed by atoms with Crippen LogP contribution in [0.3, 0.4) is 0 Å². The molecule has 3 aromatic heterocycles. The molecule has 0 aliphatic heterocycles. The molecule has 0 unspecified atom stereocenters. The van der Waals surface area contributed by atoms with E-state index < -0.39 is 17.1 Å². The predicted octanol–water partition coefficient (Wildman–Crippen LogP) is 2.90. The van der Waals surface area contributed by atoms with Crippen molar-refractivity contribution >= 4 is 46.1 Å². The van der Waals surface area contributed by atoms with Crippen LogP contribution in [0.2, 0.25) is 5.02 Å². The van der Waals surface area contributed by atoms with Crippen LogP contribution in [0.15, 0.2) is 63.3 Å². The highest BCUT2D eigenvalue weighted by molar-refractivity contribution is 7.99. The molecule has 0 atom stereocenters. The number of halogens is 2. The second-order valence-electron chi connectivity index (χ2n) is 7.93. The number of aromatic nitrogens is 6. The molecule has 0 saturated heterocycles. The van der Waals surface area contributed by atoms with E-state index in [-0.39, 0.29) is 23.6 Å². The summed E-state index contributed by atoms with van der Waals surface area (Å²) >= 11 is 7.13. The number of carbonyl (C=O) groups is 1. The van der Waals surface area contributed by atoms with Crippen molar-refractivity contribution in [2.24, 2.45) is 14.1 Å². The third-order valence-corrected chi connectivity index (χ3v) is 6.88. The molecule has 12 heteroatoms. The zero-order valence-electron chi connectivity index (χ0n) is 18.6. The SMILES string of the molecule is Cn1c(=O)c2c(n(C)c1=O)n1c(SCC(=O)c3ccc(F)cc3)nnc1n2Cc1ccc(Cl)cc1. The first-order chi connectivity index (χ1) is 16.8. The van der Waals surface area contributed by atoms with Gasteiger partial charge in [0, 0.05) is 24.7 Å². The molecule has 0 N–H and O–H groups in total. The molecule has 0 saturated carbocycles. The van der Waals surface area contributed by atoms with Gasteiger partial charge in [0.2, 0.25) is 5.78 Å². The molecule has 5 aromatic rings. The Hall–Kier alpha value is -3.70. The summed E-state index contributed by atoms with van der Waals surface area (Å²) in [5.41, 5.74) is 0.866. The van der Waals surface area contributed by atoms with Crippen molar-refractivity contribution in [2.75, 3.05) is 5.75 Å². The Kier molecular flexibility index (Phi) is 5.81. The lowest BCUT2D eigenvalue weighted by Gasteiger charge is -2.08. The first-order valence-corrected chi connectivity index (χ1v) is 11.8. The van der Waals surface area contributed by atoms with Crippen LogP contribution in [-0.2, 0) is 20.6 Å². The van der Waals surface area contributed by atoms with E-state index in [1.807, 2.05) is 12.1 Å². The zero-order chi connectivity index (χ0) is 24.9. The van der Waals surface area contributed by atoms with Crippen LogP contribution >= 0.6 is 23.4 Å². The van der Waals surface area contributed by atoms with Crippen LogP contribution in [0, 0.1) is 5.82 Å². The lowest BCUT2D eigenvalue weighted by Crippen LogP contribution is -2.37. The number of hydrogen-bond acceptors (Lipinski definition) is 6. The van der Waals surface area contributed by atoms with Gasteiger partial charge in [0.05, 0.1) is 12.3 Å². The summed E-state index contributed by atoms with van der Waals surface area (Å²) in [5, 5.41) is 9.43. The topological polar surface area (TPSA) is 96.2 Å². The fraction of sp³-hybridized carbons (Fsp3) is 0.174. The molecule has 35 heavy (non-hydrogen) atoms. The van der Waals surface area contributed by atoms with Gasteiger partial charge in [-0.2, -0.15) is 0 Å². The van der Waals surface area contributed by atoms with E-state index in [0.717, 1.165) is 21.9 Å². The number of benzene rings is 2. The number of nitrogens with zero attached hydrogens (tertiary/aromatic N) is 6. The fourth-order valence-corrected chi connectivity index (χ4v) is 4.84. The Labute approximate surface area is 206 Å². The number of fused-ring (bicyclic) bond motifs is 3. The summed E-state index contributed by atoms with van der Waals surface area (Å²) in [6.45, 7) is 0.287. The number of rotatable bonds is 6. The van der Waals surface area contributed by atoms with Crippen LogP contribution in [0.1, 0.15) is 15.9 Å². The van der Waals surface area contributed by atoms with Crippen molar-refractivity contribution in [3.05, 3.63) is 91.3 Å². The van der Waals surface area contributed by atoms with E-state index >= 15 is 0 Å². The lowest BCUT2D eigenvalue weighted by molar-refractivity contribution is 0.102. The fourth-order valence-electron chi connectivity index (χ4n) is 3.90. The molecule has 0 amide bonds. The van der Waals surface area contributed by atoms with Crippen LogP contribution in [0.25, 0.3) is 16.9 Å². The van der Waals surface area contributed by atoms with Crippen molar-refractivity contribution in [1.29, 1.82) is 0 Å². The van der Waals surface area contributed by atoms with Crippen molar-refractivity contribution in [1.82, 2.24) is 28.3 Å².